The summed E-state index contributed by atoms with van der Waals surface area (Å²) in [6, 6.07) is 3.88. The minimum atomic E-state index is 0.0622. The number of nitrogens with two attached hydrogens (primary N) is 1. The third kappa shape index (κ3) is 4.31. The molecular formula is C15H23N3O. The smallest absolute Gasteiger partial charge is 0.224 e. The maximum absolute atomic E-state index is 12.0. The van der Waals surface area contributed by atoms with Crippen LogP contribution >= 0.6 is 0 Å². The molecule has 1 atom stereocenters. The quantitative estimate of drug-likeness (QED) is 0.847. The second-order valence-corrected chi connectivity index (χ2v) is 5.34. The van der Waals surface area contributed by atoms with E-state index in [1.807, 2.05) is 12.1 Å². The van der Waals surface area contributed by atoms with Crippen LogP contribution in [0.25, 0.3) is 0 Å². The number of carbonyl (C=O) groups is 1. The Bertz CT molecular complexity index is 388. The summed E-state index contributed by atoms with van der Waals surface area (Å²) in [6.07, 6.45) is 10.1. The fourth-order valence-electron chi connectivity index (χ4n) is 2.85. The lowest BCUT2D eigenvalue weighted by molar-refractivity contribution is -0.121. The normalized spacial score (nSPS) is 17.9. The molecule has 19 heavy (non-hydrogen) atoms. The van der Waals surface area contributed by atoms with Gasteiger partial charge in [-0.25, -0.2) is 0 Å². The number of carbonyl (C=O) groups excluding carboxylic acids is 1. The molecule has 1 aromatic rings. The number of nitrogens with zero attached hydrogens (tertiary/aromatic N) is 1. The summed E-state index contributed by atoms with van der Waals surface area (Å²) in [6.45, 7) is 0.534. The molecule has 1 saturated carbocycles. The standard InChI is InChI=1S/C15H23N3O/c16-11-14(13-4-2-1-3-5-13)18-15(19)10-12-6-8-17-9-7-12/h6-9,13-14H,1-5,10-11,16H2,(H,18,19). The summed E-state index contributed by atoms with van der Waals surface area (Å²) >= 11 is 0. The maximum Gasteiger partial charge on any atom is 0.224 e. The Labute approximate surface area is 114 Å². The first-order chi connectivity index (χ1) is 9.29. The zero-order valence-electron chi connectivity index (χ0n) is 11.3. The van der Waals surface area contributed by atoms with E-state index >= 15 is 0 Å². The Morgan fingerprint density at radius 1 is 1.32 bits per heavy atom. The number of nitrogens with one attached hydrogen (secondary N) is 1. The molecule has 1 unspecified atom stereocenters. The molecule has 1 aliphatic carbocycles. The SMILES string of the molecule is NCC(NC(=O)Cc1ccncc1)C1CCCCC1. The van der Waals surface area contributed by atoms with Crippen LogP contribution in [0.5, 0.6) is 0 Å². The van der Waals surface area contributed by atoms with Gasteiger partial charge in [-0.2, -0.15) is 0 Å². The van der Waals surface area contributed by atoms with Crippen LogP contribution < -0.4 is 11.1 Å². The minimum absolute atomic E-state index is 0.0622. The van der Waals surface area contributed by atoms with Gasteiger partial charge in [-0.3, -0.25) is 9.78 Å². The first-order valence-electron chi connectivity index (χ1n) is 7.18. The number of amides is 1. The largest absolute Gasteiger partial charge is 0.352 e. The molecule has 0 saturated heterocycles. The van der Waals surface area contributed by atoms with E-state index in [-0.39, 0.29) is 11.9 Å². The van der Waals surface area contributed by atoms with Crippen LogP contribution in [0.15, 0.2) is 24.5 Å². The van der Waals surface area contributed by atoms with Crippen molar-refractivity contribution in [2.75, 3.05) is 6.54 Å². The number of rotatable bonds is 5. The van der Waals surface area contributed by atoms with Crippen LogP contribution in [0.4, 0.5) is 0 Å². The van der Waals surface area contributed by atoms with Gasteiger partial charge in [-0.05, 0) is 36.5 Å². The molecule has 0 bridgehead atoms. The highest BCUT2D eigenvalue weighted by atomic mass is 16.1. The van der Waals surface area contributed by atoms with Crippen molar-refractivity contribution in [2.45, 2.75) is 44.6 Å². The van der Waals surface area contributed by atoms with Gasteiger partial charge >= 0.3 is 0 Å². The summed E-state index contributed by atoms with van der Waals surface area (Å²) in [5, 5.41) is 3.10. The van der Waals surface area contributed by atoms with Crippen LogP contribution in [-0.4, -0.2) is 23.5 Å². The Morgan fingerprint density at radius 3 is 2.63 bits per heavy atom. The van der Waals surface area contributed by atoms with Crippen molar-refractivity contribution in [1.82, 2.24) is 10.3 Å². The van der Waals surface area contributed by atoms with Crippen molar-refractivity contribution in [1.29, 1.82) is 0 Å². The van der Waals surface area contributed by atoms with Crippen molar-refractivity contribution in [3.05, 3.63) is 30.1 Å². The minimum Gasteiger partial charge on any atom is -0.352 e. The average Bonchev–Trinajstić information content (AvgIpc) is 2.47. The molecule has 1 fully saturated rings. The molecule has 104 valence electrons. The van der Waals surface area contributed by atoms with Gasteiger partial charge in [-0.1, -0.05) is 19.3 Å². The molecule has 4 heteroatoms. The van der Waals surface area contributed by atoms with Gasteiger partial charge in [-0.15, -0.1) is 0 Å². The third-order valence-corrected chi connectivity index (χ3v) is 3.93. The van der Waals surface area contributed by atoms with Gasteiger partial charge in [0.05, 0.1) is 6.42 Å². The lowest BCUT2D eigenvalue weighted by Crippen LogP contribution is -2.46. The first-order valence-corrected chi connectivity index (χ1v) is 7.18. The molecule has 1 aromatic heterocycles. The summed E-state index contributed by atoms with van der Waals surface area (Å²) < 4.78 is 0. The molecule has 2 rings (SSSR count). The van der Waals surface area contributed by atoms with E-state index in [0.29, 0.717) is 18.9 Å². The number of hydrogen-bond acceptors (Lipinski definition) is 3. The van der Waals surface area contributed by atoms with Gasteiger partial charge < -0.3 is 11.1 Å². The lowest BCUT2D eigenvalue weighted by atomic mass is 9.84. The average molecular weight is 261 g/mol. The Kier molecular flexibility index (Phi) is 5.33. The molecule has 0 aliphatic heterocycles. The summed E-state index contributed by atoms with van der Waals surface area (Å²) in [5.74, 6) is 0.618. The predicted octanol–water partition coefficient (Wildman–Crippen LogP) is 1.65. The van der Waals surface area contributed by atoms with E-state index in [4.69, 9.17) is 5.73 Å². The Balaban J connectivity index is 1.85. The highest BCUT2D eigenvalue weighted by Gasteiger charge is 2.23. The van der Waals surface area contributed by atoms with Crippen LogP contribution in [0.1, 0.15) is 37.7 Å². The molecule has 3 N–H and O–H groups in total. The van der Waals surface area contributed by atoms with Crippen LogP contribution in [0, 0.1) is 5.92 Å². The fourth-order valence-corrected chi connectivity index (χ4v) is 2.85. The molecule has 1 aliphatic rings. The second-order valence-electron chi connectivity index (χ2n) is 5.34. The van der Waals surface area contributed by atoms with Gasteiger partial charge in [0, 0.05) is 25.0 Å². The maximum atomic E-state index is 12.0. The number of pyridine rings is 1. The zero-order valence-corrected chi connectivity index (χ0v) is 11.3. The molecule has 0 radical (unpaired) electrons. The molecule has 1 amide bonds. The fraction of sp³-hybridized carbons (Fsp3) is 0.600. The van der Waals surface area contributed by atoms with E-state index in [2.05, 4.69) is 10.3 Å². The van der Waals surface area contributed by atoms with E-state index in [1.165, 1.54) is 32.1 Å². The number of aromatic nitrogens is 1. The second kappa shape index (κ2) is 7.24. The van der Waals surface area contributed by atoms with E-state index in [0.717, 1.165) is 5.56 Å². The first kappa shape index (κ1) is 14.0. The summed E-state index contributed by atoms with van der Waals surface area (Å²) in [7, 11) is 0. The number of hydrogen-bond donors (Lipinski definition) is 2. The summed E-state index contributed by atoms with van der Waals surface area (Å²) in [5.41, 5.74) is 6.81. The van der Waals surface area contributed by atoms with Gasteiger partial charge in [0.2, 0.25) is 5.91 Å². The van der Waals surface area contributed by atoms with E-state index < -0.39 is 0 Å². The zero-order chi connectivity index (χ0) is 13.5. The lowest BCUT2D eigenvalue weighted by Gasteiger charge is -2.30. The van der Waals surface area contributed by atoms with Crippen molar-refractivity contribution >= 4 is 5.91 Å². The van der Waals surface area contributed by atoms with Gasteiger partial charge in [0.25, 0.3) is 0 Å². The van der Waals surface area contributed by atoms with Crippen molar-refractivity contribution < 1.29 is 4.79 Å². The predicted molar refractivity (Wildman–Crippen MR) is 75.5 cm³/mol. The molecule has 1 heterocycles. The van der Waals surface area contributed by atoms with Crippen molar-refractivity contribution in [3.63, 3.8) is 0 Å². The van der Waals surface area contributed by atoms with Crippen LogP contribution in [0.2, 0.25) is 0 Å². The topological polar surface area (TPSA) is 68.0 Å². The van der Waals surface area contributed by atoms with Crippen molar-refractivity contribution in [2.24, 2.45) is 11.7 Å². The monoisotopic (exact) mass is 261 g/mol. The highest BCUT2D eigenvalue weighted by Crippen LogP contribution is 2.26. The van der Waals surface area contributed by atoms with Crippen LogP contribution in [-0.2, 0) is 11.2 Å². The van der Waals surface area contributed by atoms with Gasteiger partial charge in [0.1, 0.15) is 0 Å². The van der Waals surface area contributed by atoms with Crippen molar-refractivity contribution in [3.8, 4) is 0 Å². The molecule has 4 nitrogen and oxygen atoms in total. The van der Waals surface area contributed by atoms with Crippen LogP contribution in [0.3, 0.4) is 0 Å². The Hall–Kier alpha value is -1.42. The van der Waals surface area contributed by atoms with E-state index in [9.17, 15) is 4.79 Å². The molecule has 0 spiro atoms. The molecular weight excluding hydrogens is 238 g/mol. The Morgan fingerprint density at radius 2 is 2.00 bits per heavy atom. The van der Waals surface area contributed by atoms with E-state index in [1.54, 1.807) is 12.4 Å². The van der Waals surface area contributed by atoms with Gasteiger partial charge in [0.15, 0.2) is 0 Å². The third-order valence-electron chi connectivity index (χ3n) is 3.93. The summed E-state index contributed by atoms with van der Waals surface area (Å²) in [4.78, 5) is 16.0. The highest BCUT2D eigenvalue weighted by molar-refractivity contribution is 5.78. The molecule has 0 aromatic carbocycles.